The van der Waals surface area contributed by atoms with Crippen molar-refractivity contribution in [2.45, 2.75) is 19.4 Å². The molecule has 0 N–H and O–H groups in total. The van der Waals surface area contributed by atoms with E-state index in [9.17, 15) is 4.79 Å². The van der Waals surface area contributed by atoms with Crippen molar-refractivity contribution in [3.8, 4) is 0 Å². The topological polar surface area (TPSA) is 60.5 Å². The Bertz CT molecular complexity index is 942. The van der Waals surface area contributed by atoms with E-state index < -0.39 is 5.60 Å². The second-order valence-electron chi connectivity index (χ2n) is 6.74. The fourth-order valence-corrected chi connectivity index (χ4v) is 3.50. The summed E-state index contributed by atoms with van der Waals surface area (Å²) >= 11 is 0. The van der Waals surface area contributed by atoms with E-state index in [0.717, 1.165) is 16.5 Å². The zero-order chi connectivity index (χ0) is 17.6. The minimum absolute atomic E-state index is 0.0131. The molecular formula is C19H21N3O3. The average molecular weight is 339 g/mol. The fourth-order valence-electron chi connectivity index (χ4n) is 3.50. The smallest absolute Gasteiger partial charge is 0.258 e. The van der Waals surface area contributed by atoms with Crippen LogP contribution < -0.4 is 0 Å². The standard InChI is InChI=1S/C19H21N3O3/c1-13-17(15-6-4-5-7-16(15)25-13)18(23)22-8-9-24-19(2,12-22)14-10-20-21(3)11-14/h4-7,10-11H,8-9,12H2,1-3H3. The maximum atomic E-state index is 13.2. The number of carbonyl (C=O) groups excluding carboxylic acids is 1. The number of furan rings is 1. The summed E-state index contributed by atoms with van der Waals surface area (Å²) in [6, 6.07) is 7.65. The number of aromatic nitrogens is 2. The Balaban J connectivity index is 1.67. The highest BCUT2D eigenvalue weighted by Crippen LogP contribution is 2.32. The summed E-state index contributed by atoms with van der Waals surface area (Å²) in [7, 11) is 1.87. The molecule has 1 unspecified atom stereocenters. The molecular weight excluding hydrogens is 318 g/mol. The number of aryl methyl sites for hydroxylation is 2. The molecule has 6 nitrogen and oxygen atoms in total. The predicted octanol–water partition coefficient (Wildman–Crippen LogP) is 2.86. The molecule has 25 heavy (non-hydrogen) atoms. The normalized spacial score (nSPS) is 21.0. The number of rotatable bonds is 2. The zero-order valence-corrected chi connectivity index (χ0v) is 14.7. The molecule has 4 rings (SSSR count). The maximum absolute atomic E-state index is 13.2. The van der Waals surface area contributed by atoms with Crippen LogP contribution in [-0.4, -0.2) is 40.3 Å². The average Bonchev–Trinajstić information content (AvgIpc) is 3.17. The third-order valence-electron chi connectivity index (χ3n) is 4.86. The van der Waals surface area contributed by atoms with Crippen LogP contribution >= 0.6 is 0 Å². The molecule has 1 atom stereocenters. The monoisotopic (exact) mass is 339 g/mol. The van der Waals surface area contributed by atoms with Gasteiger partial charge in [-0.3, -0.25) is 9.48 Å². The molecule has 0 radical (unpaired) electrons. The van der Waals surface area contributed by atoms with Gasteiger partial charge in [0.05, 0.1) is 24.9 Å². The fraction of sp³-hybridized carbons (Fsp3) is 0.368. The molecule has 3 aromatic rings. The van der Waals surface area contributed by atoms with E-state index in [1.807, 2.05) is 56.3 Å². The van der Waals surface area contributed by atoms with Crippen LogP contribution in [0.3, 0.4) is 0 Å². The predicted molar refractivity (Wildman–Crippen MR) is 93.4 cm³/mol. The summed E-state index contributed by atoms with van der Waals surface area (Å²) < 4.78 is 13.5. The van der Waals surface area contributed by atoms with E-state index >= 15 is 0 Å². The lowest BCUT2D eigenvalue weighted by molar-refractivity contribution is -0.0931. The first-order chi connectivity index (χ1) is 12.0. The third-order valence-corrected chi connectivity index (χ3v) is 4.86. The summed E-state index contributed by atoms with van der Waals surface area (Å²) in [5, 5.41) is 5.09. The molecule has 0 spiro atoms. The minimum Gasteiger partial charge on any atom is -0.461 e. The molecule has 130 valence electrons. The maximum Gasteiger partial charge on any atom is 0.258 e. The van der Waals surface area contributed by atoms with E-state index in [0.29, 0.717) is 31.0 Å². The number of carbonyl (C=O) groups is 1. The number of para-hydroxylation sites is 1. The van der Waals surface area contributed by atoms with Gasteiger partial charge in [0.25, 0.3) is 5.91 Å². The van der Waals surface area contributed by atoms with Crippen LogP contribution in [-0.2, 0) is 17.4 Å². The summed E-state index contributed by atoms with van der Waals surface area (Å²) in [4.78, 5) is 15.1. The number of amides is 1. The highest BCUT2D eigenvalue weighted by Gasteiger charge is 2.38. The number of benzene rings is 1. The van der Waals surface area contributed by atoms with Crippen molar-refractivity contribution >= 4 is 16.9 Å². The molecule has 1 fully saturated rings. The quantitative estimate of drug-likeness (QED) is 0.720. The summed E-state index contributed by atoms with van der Waals surface area (Å²) in [5.74, 6) is 0.640. The van der Waals surface area contributed by atoms with Gasteiger partial charge in [0, 0.05) is 30.7 Å². The van der Waals surface area contributed by atoms with Crippen LogP contribution in [0.1, 0.15) is 28.6 Å². The third kappa shape index (κ3) is 2.62. The van der Waals surface area contributed by atoms with Crippen molar-refractivity contribution in [2.75, 3.05) is 19.7 Å². The molecule has 1 aromatic carbocycles. The van der Waals surface area contributed by atoms with Gasteiger partial charge in [-0.2, -0.15) is 5.10 Å². The molecule has 1 aliphatic heterocycles. The highest BCUT2D eigenvalue weighted by atomic mass is 16.5. The van der Waals surface area contributed by atoms with E-state index in [1.54, 1.807) is 10.9 Å². The zero-order valence-electron chi connectivity index (χ0n) is 14.7. The largest absolute Gasteiger partial charge is 0.461 e. The molecule has 0 bridgehead atoms. The molecule has 1 saturated heterocycles. The van der Waals surface area contributed by atoms with Gasteiger partial charge in [-0.15, -0.1) is 0 Å². The Morgan fingerprint density at radius 3 is 2.88 bits per heavy atom. The summed E-state index contributed by atoms with van der Waals surface area (Å²) in [6.45, 7) is 5.38. The number of fused-ring (bicyclic) bond motifs is 1. The first kappa shape index (κ1) is 15.9. The number of morpholine rings is 1. The van der Waals surface area contributed by atoms with Crippen LogP contribution in [0.5, 0.6) is 0 Å². The van der Waals surface area contributed by atoms with Crippen LogP contribution in [0.4, 0.5) is 0 Å². The van der Waals surface area contributed by atoms with Crippen molar-refractivity contribution < 1.29 is 13.9 Å². The van der Waals surface area contributed by atoms with Gasteiger partial charge >= 0.3 is 0 Å². The van der Waals surface area contributed by atoms with Crippen molar-refractivity contribution in [3.63, 3.8) is 0 Å². The molecule has 1 aliphatic rings. The van der Waals surface area contributed by atoms with Gasteiger partial charge in [0.15, 0.2) is 0 Å². The number of ether oxygens (including phenoxy) is 1. The lowest BCUT2D eigenvalue weighted by Gasteiger charge is -2.40. The van der Waals surface area contributed by atoms with E-state index in [2.05, 4.69) is 5.10 Å². The summed E-state index contributed by atoms with van der Waals surface area (Å²) in [5.41, 5.74) is 1.80. The lowest BCUT2D eigenvalue weighted by Crippen LogP contribution is -2.50. The van der Waals surface area contributed by atoms with Crippen molar-refractivity contribution in [3.05, 3.63) is 53.5 Å². The lowest BCUT2D eigenvalue weighted by atomic mass is 9.96. The summed E-state index contributed by atoms with van der Waals surface area (Å²) in [6.07, 6.45) is 3.74. The van der Waals surface area contributed by atoms with Gasteiger partial charge in [0.2, 0.25) is 0 Å². The Morgan fingerprint density at radius 2 is 2.12 bits per heavy atom. The van der Waals surface area contributed by atoms with Crippen molar-refractivity contribution in [1.82, 2.24) is 14.7 Å². The number of hydrogen-bond donors (Lipinski definition) is 0. The molecule has 0 saturated carbocycles. The Morgan fingerprint density at radius 1 is 1.32 bits per heavy atom. The van der Waals surface area contributed by atoms with Gasteiger partial charge in [-0.05, 0) is 19.9 Å². The van der Waals surface area contributed by atoms with Crippen LogP contribution in [0.2, 0.25) is 0 Å². The van der Waals surface area contributed by atoms with Crippen molar-refractivity contribution in [2.24, 2.45) is 7.05 Å². The van der Waals surface area contributed by atoms with Crippen LogP contribution in [0.25, 0.3) is 11.0 Å². The SMILES string of the molecule is Cc1oc2ccccc2c1C(=O)N1CCOC(C)(c2cnn(C)c2)C1. The molecule has 2 aromatic heterocycles. The molecule has 1 amide bonds. The molecule has 0 aliphatic carbocycles. The first-order valence-electron chi connectivity index (χ1n) is 8.38. The number of hydrogen-bond acceptors (Lipinski definition) is 4. The molecule has 3 heterocycles. The highest BCUT2D eigenvalue weighted by molar-refractivity contribution is 6.07. The minimum atomic E-state index is -0.560. The molecule has 6 heteroatoms. The second-order valence-corrected chi connectivity index (χ2v) is 6.74. The van der Waals surface area contributed by atoms with Crippen LogP contribution in [0, 0.1) is 6.92 Å². The van der Waals surface area contributed by atoms with E-state index in [-0.39, 0.29) is 5.91 Å². The van der Waals surface area contributed by atoms with Gasteiger partial charge in [-0.25, -0.2) is 0 Å². The van der Waals surface area contributed by atoms with Gasteiger partial charge in [-0.1, -0.05) is 18.2 Å². The van der Waals surface area contributed by atoms with Crippen LogP contribution in [0.15, 0.2) is 41.1 Å². The first-order valence-corrected chi connectivity index (χ1v) is 8.38. The van der Waals surface area contributed by atoms with E-state index in [1.165, 1.54) is 0 Å². The Kier molecular flexibility index (Phi) is 3.65. The second kappa shape index (κ2) is 5.74. The van der Waals surface area contributed by atoms with Crippen molar-refractivity contribution in [1.29, 1.82) is 0 Å². The Hall–Kier alpha value is -2.60. The van der Waals surface area contributed by atoms with Gasteiger partial charge in [0.1, 0.15) is 16.9 Å². The van der Waals surface area contributed by atoms with Gasteiger partial charge < -0.3 is 14.1 Å². The Labute approximate surface area is 146 Å². The van der Waals surface area contributed by atoms with E-state index in [4.69, 9.17) is 9.15 Å². The number of nitrogens with zero attached hydrogens (tertiary/aromatic N) is 3.